The highest BCUT2D eigenvalue weighted by Gasteiger charge is 2.22. The van der Waals surface area contributed by atoms with E-state index in [0.29, 0.717) is 10.7 Å². The average Bonchev–Trinajstić information content (AvgIpc) is 2.97. The van der Waals surface area contributed by atoms with E-state index in [-0.39, 0.29) is 12.3 Å². The Hall–Kier alpha value is -2.79. The van der Waals surface area contributed by atoms with Crippen molar-refractivity contribution in [1.82, 2.24) is 10.3 Å². The van der Waals surface area contributed by atoms with Gasteiger partial charge in [0.05, 0.1) is 19.6 Å². The Morgan fingerprint density at radius 1 is 1.19 bits per heavy atom. The molecule has 0 aliphatic carbocycles. The van der Waals surface area contributed by atoms with E-state index < -0.39 is 12.0 Å². The van der Waals surface area contributed by atoms with E-state index in [1.807, 2.05) is 38.1 Å². The molecule has 140 valence electrons. The predicted molar refractivity (Wildman–Crippen MR) is 106 cm³/mol. The van der Waals surface area contributed by atoms with Gasteiger partial charge in [0.2, 0.25) is 0 Å². The fraction of sp³-hybridized carbons (Fsp3) is 0.238. The summed E-state index contributed by atoms with van der Waals surface area (Å²) in [4.78, 5) is 27.9. The molecule has 0 spiro atoms. The summed E-state index contributed by atoms with van der Waals surface area (Å²) in [6, 6.07) is 12.5. The maximum atomic E-state index is 12.9. The van der Waals surface area contributed by atoms with Crippen molar-refractivity contribution in [2.24, 2.45) is 0 Å². The van der Waals surface area contributed by atoms with Crippen molar-refractivity contribution in [3.05, 3.63) is 69.9 Å². The lowest BCUT2D eigenvalue weighted by molar-refractivity contribution is -0.141. The molecule has 1 heterocycles. The first-order valence-electron chi connectivity index (χ1n) is 8.61. The van der Waals surface area contributed by atoms with Gasteiger partial charge in [-0.2, -0.15) is 0 Å². The Kier molecular flexibility index (Phi) is 5.51. The minimum atomic E-state index is -0.545. The molecule has 0 fully saturated rings. The van der Waals surface area contributed by atoms with E-state index in [1.165, 1.54) is 7.11 Å². The van der Waals surface area contributed by atoms with Gasteiger partial charge >= 0.3 is 5.97 Å². The molecule has 1 unspecified atom stereocenters. The summed E-state index contributed by atoms with van der Waals surface area (Å²) in [7, 11) is 1.32. The topological polar surface area (TPSA) is 71.2 Å². The lowest BCUT2D eigenvalue weighted by Gasteiger charge is -2.18. The van der Waals surface area contributed by atoms with E-state index in [9.17, 15) is 9.59 Å². The van der Waals surface area contributed by atoms with Crippen LogP contribution in [-0.4, -0.2) is 24.0 Å². The molecule has 0 aliphatic heterocycles. The molecule has 1 aromatic heterocycles. The summed E-state index contributed by atoms with van der Waals surface area (Å²) >= 11 is 6.07. The molecule has 0 bridgehead atoms. The number of aromatic amines is 1. The van der Waals surface area contributed by atoms with Crippen LogP contribution in [0, 0.1) is 13.8 Å². The molecule has 0 saturated heterocycles. The van der Waals surface area contributed by atoms with Gasteiger partial charge in [0, 0.05) is 15.9 Å². The van der Waals surface area contributed by atoms with Crippen molar-refractivity contribution in [3.63, 3.8) is 0 Å². The van der Waals surface area contributed by atoms with Crippen LogP contribution in [0.2, 0.25) is 5.02 Å². The molecule has 1 amide bonds. The van der Waals surface area contributed by atoms with E-state index in [2.05, 4.69) is 10.3 Å². The number of hydrogen-bond acceptors (Lipinski definition) is 3. The quantitative estimate of drug-likeness (QED) is 0.637. The third kappa shape index (κ3) is 4.14. The molecule has 27 heavy (non-hydrogen) atoms. The van der Waals surface area contributed by atoms with Gasteiger partial charge in [0.25, 0.3) is 5.91 Å². The summed E-state index contributed by atoms with van der Waals surface area (Å²) in [5, 5.41) is 4.47. The monoisotopic (exact) mass is 384 g/mol. The minimum Gasteiger partial charge on any atom is -0.469 e. The number of ether oxygens (including phenoxy) is 1. The molecular weight excluding hydrogens is 364 g/mol. The average molecular weight is 385 g/mol. The van der Waals surface area contributed by atoms with E-state index in [4.69, 9.17) is 16.3 Å². The van der Waals surface area contributed by atoms with Crippen molar-refractivity contribution in [2.75, 3.05) is 7.11 Å². The number of nitrogens with one attached hydrogen (secondary N) is 2. The zero-order valence-electron chi connectivity index (χ0n) is 15.4. The molecule has 6 heteroatoms. The highest BCUT2D eigenvalue weighted by atomic mass is 35.5. The van der Waals surface area contributed by atoms with Crippen molar-refractivity contribution in [2.45, 2.75) is 26.3 Å². The standard InChI is InChI=1S/C21H21ClN2O3/c1-12-7-8-17-16(9-12)13(2)20(23-17)21(26)24-18(11-19(25)27-3)14-5-4-6-15(22)10-14/h4-10,18,23H,11H2,1-3H3,(H,24,26). The Bertz CT molecular complexity index is 1010. The minimum absolute atomic E-state index is 0.0148. The van der Waals surface area contributed by atoms with Crippen LogP contribution in [0.3, 0.4) is 0 Å². The first-order chi connectivity index (χ1) is 12.9. The van der Waals surface area contributed by atoms with Gasteiger partial charge < -0.3 is 15.0 Å². The summed E-state index contributed by atoms with van der Waals surface area (Å²) in [6.07, 6.45) is 0.0148. The van der Waals surface area contributed by atoms with Crippen molar-refractivity contribution < 1.29 is 14.3 Å². The number of carbonyl (C=O) groups is 2. The molecular formula is C21H21ClN2O3. The third-order valence-corrected chi connectivity index (χ3v) is 4.83. The predicted octanol–water partition coefficient (Wildman–Crippen LogP) is 4.47. The van der Waals surface area contributed by atoms with Gasteiger partial charge in [-0.25, -0.2) is 0 Å². The second kappa shape index (κ2) is 7.84. The lowest BCUT2D eigenvalue weighted by Crippen LogP contribution is -2.31. The van der Waals surface area contributed by atoms with Crippen LogP contribution >= 0.6 is 11.6 Å². The maximum Gasteiger partial charge on any atom is 0.307 e. The number of benzene rings is 2. The number of halogens is 1. The number of methoxy groups -OCH3 is 1. The third-order valence-electron chi connectivity index (χ3n) is 4.60. The molecule has 3 aromatic rings. The van der Waals surface area contributed by atoms with Gasteiger partial charge in [0.15, 0.2) is 0 Å². The molecule has 2 N–H and O–H groups in total. The molecule has 0 saturated carbocycles. The fourth-order valence-corrected chi connectivity index (χ4v) is 3.32. The summed E-state index contributed by atoms with van der Waals surface area (Å²) in [5.41, 5.74) is 4.11. The number of amides is 1. The van der Waals surface area contributed by atoms with Crippen LogP contribution in [0.15, 0.2) is 42.5 Å². The first-order valence-corrected chi connectivity index (χ1v) is 8.99. The number of esters is 1. The van der Waals surface area contributed by atoms with E-state index in [0.717, 1.165) is 27.6 Å². The Morgan fingerprint density at radius 3 is 2.67 bits per heavy atom. The molecule has 2 aromatic carbocycles. The number of rotatable bonds is 5. The van der Waals surface area contributed by atoms with E-state index >= 15 is 0 Å². The second-order valence-electron chi connectivity index (χ2n) is 6.54. The lowest BCUT2D eigenvalue weighted by atomic mass is 10.0. The second-order valence-corrected chi connectivity index (χ2v) is 6.97. The molecule has 5 nitrogen and oxygen atoms in total. The van der Waals surface area contributed by atoms with Crippen LogP contribution < -0.4 is 5.32 Å². The normalized spacial score (nSPS) is 12.0. The highest BCUT2D eigenvalue weighted by Crippen LogP contribution is 2.25. The Labute approximate surface area is 162 Å². The smallest absolute Gasteiger partial charge is 0.307 e. The summed E-state index contributed by atoms with van der Waals surface area (Å²) < 4.78 is 4.77. The first kappa shape index (κ1) is 19.0. The molecule has 1 atom stereocenters. The van der Waals surface area contributed by atoms with Crippen LogP contribution in [-0.2, 0) is 9.53 Å². The largest absolute Gasteiger partial charge is 0.469 e. The molecule has 3 rings (SSSR count). The number of aryl methyl sites for hydroxylation is 2. The highest BCUT2D eigenvalue weighted by molar-refractivity contribution is 6.30. The van der Waals surface area contributed by atoms with Crippen LogP contribution in [0.4, 0.5) is 0 Å². The number of H-pyrrole nitrogens is 1. The van der Waals surface area contributed by atoms with Crippen LogP contribution in [0.1, 0.15) is 39.6 Å². The zero-order valence-corrected chi connectivity index (χ0v) is 16.2. The van der Waals surface area contributed by atoms with Crippen molar-refractivity contribution >= 4 is 34.4 Å². The van der Waals surface area contributed by atoms with Gasteiger partial charge in [0.1, 0.15) is 5.69 Å². The van der Waals surface area contributed by atoms with Crippen molar-refractivity contribution in [3.8, 4) is 0 Å². The number of fused-ring (bicyclic) bond motifs is 1. The van der Waals surface area contributed by atoms with Crippen LogP contribution in [0.25, 0.3) is 10.9 Å². The number of aromatic nitrogens is 1. The number of hydrogen-bond donors (Lipinski definition) is 2. The fourth-order valence-electron chi connectivity index (χ4n) is 3.12. The maximum absolute atomic E-state index is 12.9. The van der Waals surface area contributed by atoms with Crippen molar-refractivity contribution in [1.29, 1.82) is 0 Å². The van der Waals surface area contributed by atoms with Crippen LogP contribution in [0.5, 0.6) is 0 Å². The van der Waals surface area contributed by atoms with Gasteiger partial charge in [-0.3, -0.25) is 9.59 Å². The Balaban J connectivity index is 1.92. The summed E-state index contributed by atoms with van der Waals surface area (Å²) in [6.45, 7) is 3.92. The van der Waals surface area contributed by atoms with E-state index in [1.54, 1.807) is 18.2 Å². The van der Waals surface area contributed by atoms with Gasteiger partial charge in [-0.1, -0.05) is 35.4 Å². The Morgan fingerprint density at radius 2 is 1.96 bits per heavy atom. The zero-order chi connectivity index (χ0) is 19.6. The number of carbonyl (C=O) groups excluding carboxylic acids is 2. The van der Waals surface area contributed by atoms with Gasteiger partial charge in [-0.05, 0) is 49.2 Å². The molecule has 0 radical (unpaired) electrons. The SMILES string of the molecule is COC(=O)CC(NC(=O)c1[nH]c2ccc(C)cc2c1C)c1cccc(Cl)c1. The van der Waals surface area contributed by atoms with Gasteiger partial charge in [-0.15, -0.1) is 0 Å². The summed E-state index contributed by atoms with van der Waals surface area (Å²) in [5.74, 6) is -0.695. The molecule has 0 aliphatic rings.